The van der Waals surface area contributed by atoms with E-state index in [-0.39, 0.29) is 11.8 Å². The van der Waals surface area contributed by atoms with E-state index in [1.54, 1.807) is 24.3 Å². The first-order valence-corrected chi connectivity index (χ1v) is 9.59. The molecular weight excluding hydrogens is 350 g/mol. The predicted molar refractivity (Wildman–Crippen MR) is 110 cm³/mol. The zero-order chi connectivity index (χ0) is 19.8. The molecule has 0 atom stereocenters. The zero-order valence-corrected chi connectivity index (χ0v) is 16.3. The third-order valence-corrected chi connectivity index (χ3v) is 4.97. The number of imide groups is 1. The van der Waals surface area contributed by atoms with E-state index in [1.807, 2.05) is 31.2 Å². The van der Waals surface area contributed by atoms with Crippen LogP contribution in [0.2, 0.25) is 0 Å². The van der Waals surface area contributed by atoms with Crippen LogP contribution < -0.4 is 9.64 Å². The predicted octanol–water partition coefficient (Wildman–Crippen LogP) is 5.04. The third-order valence-electron chi connectivity index (χ3n) is 4.97. The molecule has 0 fully saturated rings. The molecule has 141 valence electrons. The Morgan fingerprint density at radius 2 is 1.61 bits per heavy atom. The fraction of sp³-hybridized carbons (Fsp3) is 0.250. The minimum absolute atomic E-state index is 0.284. The molecular formula is C24H22NO3. The normalized spacial score (nSPS) is 13.5. The molecule has 0 saturated heterocycles. The van der Waals surface area contributed by atoms with Crippen LogP contribution in [0.5, 0.6) is 5.75 Å². The monoisotopic (exact) mass is 372 g/mol. The molecule has 0 unspecified atom stereocenters. The maximum absolute atomic E-state index is 13.4. The maximum atomic E-state index is 13.4. The van der Waals surface area contributed by atoms with Crippen LogP contribution in [0.1, 0.15) is 47.1 Å². The van der Waals surface area contributed by atoms with E-state index >= 15 is 0 Å². The van der Waals surface area contributed by atoms with Gasteiger partial charge in [-0.2, -0.15) is 0 Å². The first-order chi connectivity index (χ1) is 13.5. The summed E-state index contributed by atoms with van der Waals surface area (Å²) in [6.07, 6.45) is 0.713. The van der Waals surface area contributed by atoms with Crippen molar-refractivity contribution >= 4 is 28.3 Å². The quantitative estimate of drug-likeness (QED) is 0.590. The fourth-order valence-corrected chi connectivity index (χ4v) is 3.91. The van der Waals surface area contributed by atoms with Gasteiger partial charge in [-0.3, -0.25) is 9.59 Å². The lowest BCUT2D eigenvalue weighted by Crippen LogP contribution is -2.29. The number of hydrogen-bond donors (Lipinski definition) is 0. The molecule has 4 rings (SSSR count). The summed E-state index contributed by atoms with van der Waals surface area (Å²) in [5.41, 5.74) is 2.34. The van der Waals surface area contributed by atoms with Gasteiger partial charge >= 0.3 is 0 Å². The van der Waals surface area contributed by atoms with Gasteiger partial charge in [-0.1, -0.05) is 50.2 Å². The number of carbonyl (C=O) groups is 2. The Hall–Kier alpha value is -3.14. The van der Waals surface area contributed by atoms with E-state index < -0.39 is 0 Å². The van der Waals surface area contributed by atoms with Crippen molar-refractivity contribution in [3.8, 4) is 5.75 Å². The summed E-state index contributed by atoms with van der Waals surface area (Å²) in [6.45, 7) is 6.53. The highest BCUT2D eigenvalue weighted by atomic mass is 16.5. The summed E-state index contributed by atoms with van der Waals surface area (Å²) in [5.74, 6) is 0.233. The second kappa shape index (κ2) is 7.12. The number of fused-ring (bicyclic) bond motifs is 2. The van der Waals surface area contributed by atoms with Gasteiger partial charge in [0.25, 0.3) is 11.8 Å². The molecule has 28 heavy (non-hydrogen) atoms. The molecule has 1 heterocycles. The zero-order valence-electron chi connectivity index (χ0n) is 16.3. The number of rotatable bonds is 5. The highest BCUT2D eigenvalue weighted by molar-refractivity contribution is 6.37. The number of amides is 2. The number of anilines is 1. The van der Waals surface area contributed by atoms with Crippen LogP contribution in [0.3, 0.4) is 0 Å². The molecule has 0 aromatic heterocycles. The number of nitrogens with zero attached hydrogens (tertiary/aromatic N) is 1. The summed E-state index contributed by atoms with van der Waals surface area (Å²) in [6, 6.07) is 17.6. The molecule has 0 saturated carbocycles. The van der Waals surface area contributed by atoms with Crippen molar-refractivity contribution < 1.29 is 14.3 Å². The first kappa shape index (κ1) is 18.2. The van der Waals surface area contributed by atoms with E-state index in [4.69, 9.17) is 4.74 Å². The Morgan fingerprint density at radius 3 is 2.25 bits per heavy atom. The molecule has 3 aromatic rings. The Balaban J connectivity index is 2.05. The van der Waals surface area contributed by atoms with Crippen LogP contribution >= 0.6 is 0 Å². The van der Waals surface area contributed by atoms with Gasteiger partial charge in [-0.25, -0.2) is 4.90 Å². The van der Waals surface area contributed by atoms with Crippen molar-refractivity contribution in [1.29, 1.82) is 0 Å². The minimum atomic E-state index is -0.328. The molecule has 1 aliphatic rings. The Kier molecular flexibility index (Phi) is 4.63. The lowest BCUT2D eigenvalue weighted by Gasteiger charge is -2.17. The fourth-order valence-electron chi connectivity index (χ4n) is 3.91. The lowest BCUT2D eigenvalue weighted by molar-refractivity contribution is 0.0925. The van der Waals surface area contributed by atoms with Crippen LogP contribution in [0.4, 0.5) is 5.69 Å². The highest BCUT2D eigenvalue weighted by Crippen LogP contribution is 2.43. The first-order valence-electron chi connectivity index (χ1n) is 9.59. The molecule has 1 aliphatic heterocycles. The number of hydrogen-bond acceptors (Lipinski definition) is 3. The molecule has 1 radical (unpaired) electrons. The van der Waals surface area contributed by atoms with Gasteiger partial charge < -0.3 is 4.74 Å². The standard InChI is InChI=1S/C24H22NO3/c1-4-28-22-18-13-9-8-12-17(18)19(14-15(2)3)20-21(22)24(27)25(23(20)26)16-10-6-5-7-11-16/h6-13,15H,4,14H2,1-3H3. The summed E-state index contributed by atoms with van der Waals surface area (Å²) in [4.78, 5) is 28.1. The lowest BCUT2D eigenvalue weighted by atomic mass is 9.89. The summed E-state index contributed by atoms with van der Waals surface area (Å²) < 4.78 is 5.92. The molecule has 3 aromatic carbocycles. The van der Waals surface area contributed by atoms with Gasteiger partial charge in [-0.05, 0) is 48.4 Å². The molecule has 4 heteroatoms. The average Bonchev–Trinajstić information content (AvgIpc) is 2.95. The Labute approximate surface area is 164 Å². The van der Waals surface area contributed by atoms with Gasteiger partial charge in [0.05, 0.1) is 23.4 Å². The van der Waals surface area contributed by atoms with Crippen LogP contribution in [0.25, 0.3) is 10.8 Å². The van der Waals surface area contributed by atoms with E-state index in [0.29, 0.717) is 41.5 Å². The maximum Gasteiger partial charge on any atom is 0.269 e. The largest absolute Gasteiger partial charge is 0.492 e. The second-order valence-corrected chi connectivity index (χ2v) is 7.34. The summed E-state index contributed by atoms with van der Waals surface area (Å²) >= 11 is 0. The van der Waals surface area contributed by atoms with Gasteiger partial charge in [0.2, 0.25) is 0 Å². The van der Waals surface area contributed by atoms with Crippen molar-refractivity contribution in [1.82, 2.24) is 0 Å². The van der Waals surface area contributed by atoms with Crippen molar-refractivity contribution in [2.45, 2.75) is 27.2 Å². The van der Waals surface area contributed by atoms with Crippen molar-refractivity contribution in [3.63, 3.8) is 0 Å². The van der Waals surface area contributed by atoms with Crippen LogP contribution in [-0.2, 0) is 6.42 Å². The number of carbonyl (C=O) groups excluding carboxylic acids is 2. The molecule has 0 aliphatic carbocycles. The van der Waals surface area contributed by atoms with E-state index in [0.717, 1.165) is 16.3 Å². The molecule has 0 bridgehead atoms. The van der Waals surface area contributed by atoms with Gasteiger partial charge in [0.1, 0.15) is 5.75 Å². The molecule has 0 spiro atoms. The van der Waals surface area contributed by atoms with Gasteiger partial charge in [0, 0.05) is 5.39 Å². The topological polar surface area (TPSA) is 46.6 Å². The highest BCUT2D eigenvalue weighted by Gasteiger charge is 2.42. The number of ether oxygens (including phenoxy) is 1. The molecule has 2 amide bonds. The average molecular weight is 372 g/mol. The smallest absolute Gasteiger partial charge is 0.269 e. The van der Waals surface area contributed by atoms with Gasteiger partial charge in [0.15, 0.2) is 0 Å². The summed E-state index contributed by atoms with van der Waals surface area (Å²) in [5, 5.41) is 1.85. The van der Waals surface area contributed by atoms with Gasteiger partial charge in [-0.15, -0.1) is 0 Å². The van der Waals surface area contributed by atoms with Crippen LogP contribution in [0, 0.1) is 12.0 Å². The van der Waals surface area contributed by atoms with Crippen molar-refractivity contribution in [2.75, 3.05) is 11.5 Å². The molecule has 4 nitrogen and oxygen atoms in total. The third kappa shape index (κ3) is 2.76. The SMILES string of the molecule is CCOc1c2c(c(CC(C)C)c3ccccc13)C(=O)N(c1cc[c]cc1)C2=O. The Morgan fingerprint density at radius 1 is 0.964 bits per heavy atom. The molecule has 0 N–H and O–H groups in total. The van der Waals surface area contributed by atoms with Crippen molar-refractivity contribution in [2.24, 2.45) is 5.92 Å². The summed E-state index contributed by atoms with van der Waals surface area (Å²) in [7, 11) is 0. The second-order valence-electron chi connectivity index (χ2n) is 7.34. The van der Waals surface area contributed by atoms with E-state index in [9.17, 15) is 9.59 Å². The van der Waals surface area contributed by atoms with Crippen LogP contribution in [-0.4, -0.2) is 18.4 Å². The minimum Gasteiger partial charge on any atom is -0.492 e. The number of benzene rings is 3. The Bertz CT molecular complexity index is 1070. The van der Waals surface area contributed by atoms with E-state index in [1.165, 1.54) is 4.90 Å². The van der Waals surface area contributed by atoms with Crippen molar-refractivity contribution in [3.05, 3.63) is 71.3 Å². The van der Waals surface area contributed by atoms with Crippen LogP contribution in [0.15, 0.2) is 48.5 Å². The van der Waals surface area contributed by atoms with E-state index in [2.05, 4.69) is 19.9 Å².